The number of nitrogens with one attached hydrogen (secondary N) is 1. The maximum absolute atomic E-state index is 11.7. The lowest BCUT2D eigenvalue weighted by Gasteiger charge is -2.12. The Hall–Kier alpha value is -1.59. The topological polar surface area (TPSA) is 67.8 Å². The maximum atomic E-state index is 11.7. The predicted molar refractivity (Wildman–Crippen MR) is 67.6 cm³/mol. The third-order valence-electron chi connectivity index (χ3n) is 2.44. The Morgan fingerprint density at radius 3 is 2.78 bits per heavy atom. The van der Waals surface area contributed by atoms with Gasteiger partial charge in [-0.15, -0.1) is 0 Å². The monoisotopic (exact) mass is 253 g/mol. The van der Waals surface area contributed by atoms with Crippen LogP contribution in [0.4, 0.5) is 0 Å². The van der Waals surface area contributed by atoms with Crippen LogP contribution in [0, 0.1) is 0 Å². The van der Waals surface area contributed by atoms with Gasteiger partial charge in [0.2, 0.25) is 5.91 Å². The van der Waals surface area contributed by atoms with Crippen LogP contribution in [-0.2, 0) is 16.0 Å². The number of para-hydroxylation sites is 1. The number of methoxy groups -OCH3 is 2. The molecule has 0 spiro atoms. The summed E-state index contributed by atoms with van der Waals surface area (Å²) in [6.45, 7) is 0.386. The van der Waals surface area contributed by atoms with Gasteiger partial charge in [0.1, 0.15) is 5.75 Å². The molecule has 5 heteroatoms. The Labute approximate surface area is 107 Å². The van der Waals surface area contributed by atoms with Crippen molar-refractivity contribution >= 4 is 5.91 Å². The Balaban J connectivity index is 2.44. The van der Waals surface area contributed by atoms with Gasteiger partial charge in [-0.2, -0.15) is 0 Å². The second-order valence-corrected chi connectivity index (χ2v) is 3.90. The van der Waals surface area contributed by atoms with E-state index in [1.165, 1.54) is 7.11 Å². The summed E-state index contributed by atoms with van der Waals surface area (Å²) in [6.07, 6.45) is -0.458. The van der Waals surface area contributed by atoms with Gasteiger partial charge >= 0.3 is 0 Å². The molecule has 0 radical (unpaired) electrons. The number of hydrogen-bond donors (Lipinski definition) is 2. The summed E-state index contributed by atoms with van der Waals surface area (Å²) < 4.78 is 9.93. The number of carbonyl (C=O) groups excluding carboxylic acids is 1. The first-order valence-electron chi connectivity index (χ1n) is 5.73. The van der Waals surface area contributed by atoms with Gasteiger partial charge < -0.3 is 19.9 Å². The summed E-state index contributed by atoms with van der Waals surface area (Å²) in [5, 5.41) is 12.0. The molecule has 0 bridgehead atoms. The molecule has 0 aliphatic rings. The van der Waals surface area contributed by atoms with E-state index in [2.05, 4.69) is 5.32 Å². The quantitative estimate of drug-likeness (QED) is 0.736. The first-order chi connectivity index (χ1) is 8.67. The molecular formula is C13H19NO4. The van der Waals surface area contributed by atoms with E-state index in [-0.39, 0.29) is 25.5 Å². The van der Waals surface area contributed by atoms with E-state index in [1.807, 2.05) is 24.3 Å². The van der Waals surface area contributed by atoms with Crippen molar-refractivity contribution in [2.45, 2.75) is 12.5 Å². The summed E-state index contributed by atoms with van der Waals surface area (Å²) in [6, 6.07) is 7.35. The van der Waals surface area contributed by atoms with Gasteiger partial charge in [0.05, 0.1) is 26.2 Å². The third-order valence-corrected chi connectivity index (χ3v) is 2.44. The second-order valence-electron chi connectivity index (χ2n) is 3.90. The normalized spacial score (nSPS) is 11.9. The number of amides is 1. The Morgan fingerprint density at radius 2 is 2.11 bits per heavy atom. The highest BCUT2D eigenvalue weighted by Gasteiger charge is 2.10. The summed E-state index contributed by atoms with van der Waals surface area (Å²) in [7, 11) is 3.07. The predicted octanol–water partition coefficient (Wildman–Crippen LogP) is 0.361. The highest BCUT2D eigenvalue weighted by molar-refractivity contribution is 5.79. The van der Waals surface area contributed by atoms with Crippen molar-refractivity contribution in [2.75, 3.05) is 27.4 Å². The van der Waals surface area contributed by atoms with E-state index in [4.69, 9.17) is 9.47 Å². The van der Waals surface area contributed by atoms with Crippen LogP contribution >= 0.6 is 0 Å². The van der Waals surface area contributed by atoms with Crippen molar-refractivity contribution in [1.82, 2.24) is 5.32 Å². The molecule has 1 unspecified atom stereocenters. The number of aliphatic hydroxyl groups is 1. The first-order valence-corrected chi connectivity index (χ1v) is 5.73. The van der Waals surface area contributed by atoms with Gasteiger partial charge in [-0.3, -0.25) is 4.79 Å². The average molecular weight is 253 g/mol. The lowest BCUT2D eigenvalue weighted by molar-refractivity contribution is -0.121. The smallest absolute Gasteiger partial charge is 0.224 e. The first kappa shape index (κ1) is 14.5. The molecule has 0 saturated carbocycles. The molecule has 1 aromatic carbocycles. The van der Waals surface area contributed by atoms with Crippen molar-refractivity contribution in [1.29, 1.82) is 0 Å². The van der Waals surface area contributed by atoms with Crippen molar-refractivity contribution in [2.24, 2.45) is 0 Å². The second kappa shape index (κ2) is 7.68. The molecule has 100 valence electrons. The molecule has 0 saturated heterocycles. The number of rotatable bonds is 7. The lowest BCUT2D eigenvalue weighted by Crippen LogP contribution is -2.35. The molecule has 2 N–H and O–H groups in total. The largest absolute Gasteiger partial charge is 0.496 e. The highest BCUT2D eigenvalue weighted by atomic mass is 16.5. The summed E-state index contributed by atoms with van der Waals surface area (Å²) >= 11 is 0. The van der Waals surface area contributed by atoms with Crippen LogP contribution in [0.25, 0.3) is 0 Å². The van der Waals surface area contributed by atoms with Crippen LogP contribution in [-0.4, -0.2) is 44.5 Å². The van der Waals surface area contributed by atoms with Gasteiger partial charge in [0.25, 0.3) is 0 Å². The van der Waals surface area contributed by atoms with E-state index in [9.17, 15) is 9.90 Å². The van der Waals surface area contributed by atoms with E-state index in [0.29, 0.717) is 5.75 Å². The van der Waals surface area contributed by atoms with Crippen LogP contribution in [0.1, 0.15) is 5.56 Å². The zero-order valence-corrected chi connectivity index (χ0v) is 10.7. The van der Waals surface area contributed by atoms with E-state index >= 15 is 0 Å². The van der Waals surface area contributed by atoms with Crippen molar-refractivity contribution in [3.8, 4) is 5.75 Å². The number of benzene rings is 1. The van der Waals surface area contributed by atoms with Crippen LogP contribution in [0.2, 0.25) is 0 Å². The standard InChI is InChI=1S/C13H19NO4/c1-17-9-11(15)8-14-13(16)7-10-5-3-4-6-12(10)18-2/h3-6,11,15H,7-9H2,1-2H3,(H,14,16). The van der Waals surface area contributed by atoms with Crippen molar-refractivity contribution in [3.05, 3.63) is 29.8 Å². The highest BCUT2D eigenvalue weighted by Crippen LogP contribution is 2.17. The van der Waals surface area contributed by atoms with Gasteiger partial charge in [-0.25, -0.2) is 0 Å². The number of carbonyl (C=O) groups is 1. The molecule has 1 atom stereocenters. The van der Waals surface area contributed by atoms with Gasteiger partial charge in [0, 0.05) is 19.2 Å². The van der Waals surface area contributed by atoms with E-state index < -0.39 is 6.10 Å². The molecule has 1 rings (SSSR count). The van der Waals surface area contributed by atoms with E-state index in [1.54, 1.807) is 7.11 Å². The van der Waals surface area contributed by atoms with Crippen molar-refractivity contribution < 1.29 is 19.4 Å². The van der Waals surface area contributed by atoms with Gasteiger partial charge in [-0.05, 0) is 6.07 Å². The fourth-order valence-electron chi connectivity index (χ4n) is 1.57. The SMILES string of the molecule is COCC(O)CNC(=O)Cc1ccccc1OC. The number of ether oxygens (including phenoxy) is 2. The molecule has 0 heterocycles. The van der Waals surface area contributed by atoms with Crippen LogP contribution in [0.5, 0.6) is 5.75 Å². The molecular weight excluding hydrogens is 234 g/mol. The lowest BCUT2D eigenvalue weighted by atomic mass is 10.1. The van der Waals surface area contributed by atoms with Gasteiger partial charge in [-0.1, -0.05) is 18.2 Å². The zero-order valence-electron chi connectivity index (χ0n) is 10.7. The number of hydrogen-bond acceptors (Lipinski definition) is 4. The average Bonchev–Trinajstić information content (AvgIpc) is 2.37. The molecule has 5 nitrogen and oxygen atoms in total. The molecule has 0 aliphatic carbocycles. The fourth-order valence-corrected chi connectivity index (χ4v) is 1.57. The minimum absolute atomic E-state index is 0.158. The molecule has 1 aromatic rings. The van der Waals surface area contributed by atoms with Crippen LogP contribution < -0.4 is 10.1 Å². The van der Waals surface area contributed by atoms with E-state index in [0.717, 1.165) is 5.56 Å². The molecule has 1 amide bonds. The molecule has 18 heavy (non-hydrogen) atoms. The van der Waals surface area contributed by atoms with Crippen LogP contribution in [0.3, 0.4) is 0 Å². The summed E-state index contributed by atoms with van der Waals surface area (Å²) in [4.78, 5) is 11.7. The third kappa shape index (κ3) is 4.73. The van der Waals surface area contributed by atoms with Crippen molar-refractivity contribution in [3.63, 3.8) is 0 Å². The summed E-state index contributed by atoms with van der Waals surface area (Å²) in [5.74, 6) is 0.528. The van der Waals surface area contributed by atoms with Crippen LogP contribution in [0.15, 0.2) is 24.3 Å². The fraction of sp³-hybridized carbons (Fsp3) is 0.462. The zero-order chi connectivity index (χ0) is 13.4. The molecule has 0 aliphatic heterocycles. The molecule has 0 aromatic heterocycles. The number of aliphatic hydroxyl groups excluding tert-OH is 1. The Morgan fingerprint density at radius 1 is 1.39 bits per heavy atom. The Bertz CT molecular complexity index is 381. The molecule has 0 fully saturated rings. The minimum atomic E-state index is -0.684. The maximum Gasteiger partial charge on any atom is 0.224 e. The van der Waals surface area contributed by atoms with Gasteiger partial charge in [0.15, 0.2) is 0 Å². The minimum Gasteiger partial charge on any atom is -0.496 e. The Kier molecular flexibility index (Phi) is 6.18. The summed E-state index contributed by atoms with van der Waals surface area (Å²) in [5.41, 5.74) is 0.818.